The van der Waals surface area contributed by atoms with E-state index in [1.165, 1.54) is 16.7 Å². The second kappa shape index (κ2) is 24.5. The first-order chi connectivity index (χ1) is 42.4. The van der Waals surface area contributed by atoms with Crippen LogP contribution in [0.15, 0.2) is 141 Å². The van der Waals surface area contributed by atoms with Crippen LogP contribution in [0.5, 0.6) is 17.2 Å². The number of benzene rings is 3. The zero-order chi connectivity index (χ0) is 59.7. The highest BCUT2D eigenvalue weighted by Gasteiger charge is 2.28. The van der Waals surface area contributed by atoms with Crippen LogP contribution in [0.3, 0.4) is 0 Å². The lowest BCUT2D eigenvalue weighted by molar-refractivity contribution is 0.242. The van der Waals surface area contributed by atoms with Crippen LogP contribution in [0, 0.1) is 6.92 Å². The lowest BCUT2D eigenvalue weighted by atomic mass is 10.00. The molecule has 444 valence electrons. The van der Waals surface area contributed by atoms with Crippen LogP contribution >= 0.6 is 0 Å². The first-order valence-corrected chi connectivity index (χ1v) is 30.4. The number of aliphatic imine (C=N–C) groups is 3. The molecule has 0 bridgehead atoms. The SMILES string of the molecule is CC(C)Oc1ccc2c(c1)C(c1ccnc(N3CCn4ccnc4C3)c1)=NC2.CCc1nnc2n1CCN(c1cc(C3=NCc4ccc(OC(C)C)cc43)ccn1)C2.Cc1nc2c(o1)CCN(c1cc(C3=NCc4ccc(OC(C)C)cc43)ccn1)C2. The van der Waals surface area contributed by atoms with E-state index in [0.29, 0.717) is 19.6 Å². The van der Waals surface area contributed by atoms with Crippen LogP contribution in [0.4, 0.5) is 17.5 Å². The Kier molecular flexibility index (Phi) is 15.9. The van der Waals surface area contributed by atoms with Gasteiger partial charge in [0.05, 0.1) is 74.7 Å². The normalized spacial score (nSPS) is 15.3. The van der Waals surface area contributed by atoms with Crippen molar-refractivity contribution in [3.05, 3.63) is 207 Å². The van der Waals surface area contributed by atoms with Crippen molar-refractivity contribution in [1.29, 1.82) is 0 Å². The number of hydrogen-bond donors (Lipinski definition) is 0. The second-order valence-corrected chi connectivity index (χ2v) is 23.4. The number of fused-ring (bicyclic) bond motifs is 6. The molecule has 6 aliphatic heterocycles. The smallest absolute Gasteiger partial charge is 0.191 e. The fraction of sp³-hybridized carbons (Fsp3) is 0.353. The van der Waals surface area contributed by atoms with E-state index in [2.05, 4.69) is 120 Å². The molecule has 6 aliphatic rings. The molecule has 0 N–H and O–H groups in total. The fourth-order valence-corrected chi connectivity index (χ4v) is 12.0. The Morgan fingerprint density at radius 3 is 1.45 bits per heavy atom. The van der Waals surface area contributed by atoms with Gasteiger partial charge in [0.25, 0.3) is 0 Å². The first-order valence-electron chi connectivity index (χ1n) is 30.4. The van der Waals surface area contributed by atoms with Gasteiger partial charge >= 0.3 is 0 Å². The van der Waals surface area contributed by atoms with Gasteiger partial charge in [0.2, 0.25) is 0 Å². The molecule has 0 fully saturated rings. The van der Waals surface area contributed by atoms with Crippen LogP contribution in [0.2, 0.25) is 0 Å². The molecular formula is C68H73N15O4. The van der Waals surface area contributed by atoms with Crippen molar-refractivity contribution in [2.45, 2.75) is 139 Å². The summed E-state index contributed by atoms with van der Waals surface area (Å²) in [5.74, 6) is 10.4. The molecule has 87 heavy (non-hydrogen) atoms. The molecule has 0 amide bonds. The Bertz CT molecular complexity index is 4100. The zero-order valence-corrected chi connectivity index (χ0v) is 50.8. The van der Waals surface area contributed by atoms with Gasteiger partial charge in [-0.15, -0.1) is 10.2 Å². The molecule has 0 spiro atoms. The third-order valence-electron chi connectivity index (χ3n) is 16.1. The number of aryl methyl sites for hydroxylation is 2. The van der Waals surface area contributed by atoms with Crippen molar-refractivity contribution >= 4 is 34.6 Å². The molecule has 15 rings (SSSR count). The summed E-state index contributed by atoms with van der Waals surface area (Å²) in [5, 5.41) is 8.69. The molecule has 12 heterocycles. The summed E-state index contributed by atoms with van der Waals surface area (Å²) in [4.78, 5) is 44.1. The monoisotopic (exact) mass is 1160 g/mol. The number of ether oxygens (including phenoxy) is 3. The molecule has 0 aliphatic carbocycles. The van der Waals surface area contributed by atoms with Crippen LogP contribution in [-0.4, -0.2) is 99.3 Å². The Balaban J connectivity index is 0.000000121. The highest BCUT2D eigenvalue weighted by atomic mass is 16.5. The van der Waals surface area contributed by atoms with Gasteiger partial charge in [0.15, 0.2) is 11.7 Å². The number of rotatable bonds is 13. The maximum atomic E-state index is 5.90. The molecule has 0 radical (unpaired) electrons. The Hall–Kier alpha value is -9.52. The number of anilines is 3. The number of oxazole rings is 1. The Labute approximate surface area is 507 Å². The average Bonchev–Trinajstić information content (AvgIpc) is 3.09. The lowest BCUT2D eigenvalue weighted by Crippen LogP contribution is -2.35. The molecule has 3 aromatic carbocycles. The maximum absolute atomic E-state index is 5.90. The van der Waals surface area contributed by atoms with E-state index in [1.54, 1.807) is 0 Å². The van der Waals surface area contributed by atoms with Gasteiger partial charge in [0, 0.05) is 117 Å². The minimum Gasteiger partial charge on any atom is -0.491 e. The van der Waals surface area contributed by atoms with E-state index < -0.39 is 0 Å². The maximum Gasteiger partial charge on any atom is 0.191 e. The fourth-order valence-electron chi connectivity index (χ4n) is 12.0. The number of pyridine rings is 3. The van der Waals surface area contributed by atoms with E-state index in [-0.39, 0.29) is 18.3 Å². The third-order valence-corrected chi connectivity index (χ3v) is 16.1. The summed E-state index contributed by atoms with van der Waals surface area (Å²) in [6.07, 6.45) is 11.7. The lowest BCUT2D eigenvalue weighted by Gasteiger charge is -2.29. The van der Waals surface area contributed by atoms with E-state index in [1.807, 2.05) is 116 Å². The zero-order valence-electron chi connectivity index (χ0n) is 50.8. The average molecular weight is 1160 g/mol. The van der Waals surface area contributed by atoms with Crippen LogP contribution in [-0.2, 0) is 65.2 Å². The molecule has 19 nitrogen and oxygen atoms in total. The summed E-state index contributed by atoms with van der Waals surface area (Å²) in [5.41, 5.74) is 14.5. The van der Waals surface area contributed by atoms with Crippen molar-refractivity contribution in [2.75, 3.05) is 34.3 Å². The summed E-state index contributed by atoms with van der Waals surface area (Å²) in [7, 11) is 0. The second-order valence-electron chi connectivity index (χ2n) is 23.4. The molecular weight excluding hydrogens is 1090 g/mol. The summed E-state index contributed by atoms with van der Waals surface area (Å²) < 4.78 is 27.8. The van der Waals surface area contributed by atoms with Crippen molar-refractivity contribution in [3.63, 3.8) is 0 Å². The van der Waals surface area contributed by atoms with E-state index in [9.17, 15) is 0 Å². The molecule has 0 unspecified atom stereocenters. The van der Waals surface area contributed by atoms with Crippen molar-refractivity contribution in [3.8, 4) is 17.2 Å². The molecule has 6 aromatic heterocycles. The summed E-state index contributed by atoms with van der Waals surface area (Å²) in [6, 6.07) is 31.3. The van der Waals surface area contributed by atoms with Gasteiger partial charge in [0.1, 0.15) is 57.8 Å². The molecule has 0 saturated carbocycles. The van der Waals surface area contributed by atoms with Gasteiger partial charge in [-0.2, -0.15) is 0 Å². The quantitative estimate of drug-likeness (QED) is 0.106. The van der Waals surface area contributed by atoms with Crippen LogP contribution in [0.1, 0.15) is 133 Å². The molecule has 0 saturated heterocycles. The van der Waals surface area contributed by atoms with Gasteiger partial charge in [-0.1, -0.05) is 25.1 Å². The highest BCUT2D eigenvalue weighted by Crippen LogP contribution is 2.34. The molecule has 9 aromatic rings. The Morgan fingerprint density at radius 2 is 0.966 bits per heavy atom. The Morgan fingerprint density at radius 1 is 0.494 bits per heavy atom. The van der Waals surface area contributed by atoms with Gasteiger partial charge in [-0.3, -0.25) is 15.0 Å². The minimum absolute atomic E-state index is 0.145. The van der Waals surface area contributed by atoms with Crippen LogP contribution in [0.25, 0.3) is 0 Å². The first kappa shape index (κ1) is 56.6. The van der Waals surface area contributed by atoms with Crippen LogP contribution < -0.4 is 28.9 Å². The van der Waals surface area contributed by atoms with Crippen molar-refractivity contribution in [2.24, 2.45) is 15.0 Å². The predicted molar refractivity (Wildman–Crippen MR) is 337 cm³/mol. The van der Waals surface area contributed by atoms with Gasteiger partial charge in [-0.05, 0) is 131 Å². The van der Waals surface area contributed by atoms with Gasteiger partial charge < -0.3 is 42.5 Å². The van der Waals surface area contributed by atoms with Crippen molar-refractivity contribution in [1.82, 2.24) is 44.3 Å². The summed E-state index contributed by atoms with van der Waals surface area (Å²) in [6.45, 7) is 25.1. The number of nitrogens with zero attached hydrogens (tertiary/aromatic N) is 15. The van der Waals surface area contributed by atoms with E-state index in [4.69, 9.17) is 33.6 Å². The predicted octanol–water partition coefficient (Wildman–Crippen LogP) is 10.9. The molecule has 0 atom stereocenters. The van der Waals surface area contributed by atoms with E-state index in [0.717, 1.165) is 185 Å². The van der Waals surface area contributed by atoms with Crippen molar-refractivity contribution < 1.29 is 18.6 Å². The topological polar surface area (TPSA) is 188 Å². The van der Waals surface area contributed by atoms with E-state index >= 15 is 0 Å². The third kappa shape index (κ3) is 12.2. The largest absolute Gasteiger partial charge is 0.491 e. The number of hydrogen-bond acceptors (Lipinski definition) is 17. The standard InChI is InChI=1S/C23H26N6O.C23H24N4O2.C22H23N5O/c1-4-20-26-27-22-14-28(9-10-29(20)22)21-11-16(7-8-24-21)23-19-12-18(30-15(2)3)6-5-17(19)13-25-23;1-14(2)28-18-5-4-17-12-25-23(19(17)11-18)16-6-8-24-22(10-16)27-9-7-21-20(13-27)26-15(3)29-21;1-15(2)28-18-4-3-17-13-25-22(19(17)12-18)16-5-6-23-20(11-16)27-10-9-26-8-7-24-21(26)14-27/h5-8,11-12,15H,4,9-10,13-14H2,1-3H3;4-6,8,10-11,14H,7,9,12-13H2,1-3H3;3-8,11-12,15H,9-10,13-14H2,1-2H3. The number of imidazole rings is 1. The summed E-state index contributed by atoms with van der Waals surface area (Å²) >= 11 is 0. The molecule has 19 heteroatoms. The number of aromatic nitrogens is 9. The highest BCUT2D eigenvalue weighted by molar-refractivity contribution is 6.17. The minimum atomic E-state index is 0.145. The van der Waals surface area contributed by atoms with Gasteiger partial charge in [-0.25, -0.2) is 24.9 Å².